The summed E-state index contributed by atoms with van der Waals surface area (Å²) in [6, 6.07) is 6.25. The first-order valence-electron chi connectivity index (χ1n) is 4.87. The molecule has 0 radical (unpaired) electrons. The summed E-state index contributed by atoms with van der Waals surface area (Å²) in [5.41, 5.74) is 4.77. The smallest absolute Gasteiger partial charge is 0.106 e. The molecule has 0 N–H and O–H groups in total. The van der Waals surface area contributed by atoms with Crippen molar-refractivity contribution in [3.05, 3.63) is 34.9 Å². The molecule has 0 fully saturated rings. The first-order chi connectivity index (χ1) is 6.70. The van der Waals surface area contributed by atoms with Crippen LogP contribution in [0.15, 0.2) is 23.4 Å². The number of benzene rings is 1. The van der Waals surface area contributed by atoms with Crippen molar-refractivity contribution in [1.82, 2.24) is 0 Å². The molecule has 14 heavy (non-hydrogen) atoms. The van der Waals surface area contributed by atoms with E-state index in [1.54, 1.807) is 7.11 Å². The molecular weight excluding hydrogens is 174 g/mol. The molecule has 0 atom stereocenters. The molecule has 0 amide bonds. The van der Waals surface area contributed by atoms with Gasteiger partial charge < -0.3 is 4.84 Å². The van der Waals surface area contributed by atoms with E-state index in [1.807, 2.05) is 0 Å². The maximum absolute atomic E-state index is 4.83. The zero-order chi connectivity index (χ0) is 10.6. The van der Waals surface area contributed by atoms with Crippen LogP contribution < -0.4 is 0 Å². The lowest BCUT2D eigenvalue weighted by atomic mass is 9.99. The summed E-state index contributed by atoms with van der Waals surface area (Å²) >= 11 is 0. The van der Waals surface area contributed by atoms with Crippen molar-refractivity contribution < 1.29 is 4.84 Å². The van der Waals surface area contributed by atoms with E-state index in [-0.39, 0.29) is 0 Å². The van der Waals surface area contributed by atoms with Gasteiger partial charge in [0.15, 0.2) is 0 Å². The number of rotatable bonds is 3. The summed E-state index contributed by atoms with van der Waals surface area (Å²) in [4.78, 5) is 4.83. The quantitative estimate of drug-likeness (QED) is 0.531. The molecule has 0 aliphatic rings. The van der Waals surface area contributed by atoms with Crippen LogP contribution in [0.2, 0.25) is 0 Å². The fourth-order valence-electron chi connectivity index (χ4n) is 1.48. The van der Waals surface area contributed by atoms with Crippen molar-refractivity contribution in [2.24, 2.45) is 5.16 Å². The SMILES string of the molecule is CCC(=NOC)c1cccc(C)c1C. The number of oxime groups is 1. The Kier molecular flexibility index (Phi) is 3.69. The van der Waals surface area contributed by atoms with E-state index in [9.17, 15) is 0 Å². The van der Waals surface area contributed by atoms with E-state index >= 15 is 0 Å². The monoisotopic (exact) mass is 191 g/mol. The number of aryl methyl sites for hydroxylation is 1. The summed E-state index contributed by atoms with van der Waals surface area (Å²) in [7, 11) is 1.58. The molecule has 0 aliphatic carbocycles. The first-order valence-corrected chi connectivity index (χ1v) is 4.87. The maximum Gasteiger partial charge on any atom is 0.106 e. The summed E-state index contributed by atoms with van der Waals surface area (Å²) in [5, 5.41) is 4.03. The fraction of sp³-hybridized carbons (Fsp3) is 0.417. The van der Waals surface area contributed by atoms with Crippen molar-refractivity contribution in [3.8, 4) is 0 Å². The number of hydrogen-bond donors (Lipinski definition) is 0. The molecule has 0 saturated carbocycles. The zero-order valence-corrected chi connectivity index (χ0v) is 9.29. The minimum atomic E-state index is 0.887. The lowest BCUT2D eigenvalue weighted by Crippen LogP contribution is -2.03. The van der Waals surface area contributed by atoms with Gasteiger partial charge in [0.05, 0.1) is 5.71 Å². The van der Waals surface area contributed by atoms with Gasteiger partial charge in [-0.05, 0) is 31.4 Å². The van der Waals surface area contributed by atoms with Crippen molar-refractivity contribution >= 4 is 5.71 Å². The lowest BCUT2D eigenvalue weighted by molar-refractivity contribution is 0.213. The predicted molar refractivity (Wildman–Crippen MR) is 59.8 cm³/mol. The zero-order valence-electron chi connectivity index (χ0n) is 9.29. The van der Waals surface area contributed by atoms with Gasteiger partial charge in [0.25, 0.3) is 0 Å². The molecule has 0 aliphatic heterocycles. The minimum absolute atomic E-state index is 0.887. The van der Waals surface area contributed by atoms with Crippen LogP contribution in [0.4, 0.5) is 0 Å². The third kappa shape index (κ3) is 2.13. The highest BCUT2D eigenvalue weighted by atomic mass is 16.6. The molecule has 1 aromatic carbocycles. The van der Waals surface area contributed by atoms with E-state index < -0.39 is 0 Å². The van der Waals surface area contributed by atoms with Gasteiger partial charge in [-0.2, -0.15) is 0 Å². The molecule has 1 aromatic rings. The average Bonchev–Trinajstić information content (AvgIpc) is 2.19. The second kappa shape index (κ2) is 4.80. The van der Waals surface area contributed by atoms with E-state index in [2.05, 4.69) is 44.1 Å². The maximum atomic E-state index is 4.83. The topological polar surface area (TPSA) is 21.6 Å². The van der Waals surface area contributed by atoms with Crippen LogP contribution >= 0.6 is 0 Å². The van der Waals surface area contributed by atoms with Crippen LogP contribution in [-0.4, -0.2) is 12.8 Å². The van der Waals surface area contributed by atoms with E-state index in [4.69, 9.17) is 4.84 Å². The van der Waals surface area contributed by atoms with Crippen molar-refractivity contribution in [3.63, 3.8) is 0 Å². The summed E-state index contributed by atoms with van der Waals surface area (Å²) in [6.07, 6.45) is 0.887. The normalized spacial score (nSPS) is 11.6. The molecular formula is C12H17NO. The van der Waals surface area contributed by atoms with Gasteiger partial charge in [0, 0.05) is 5.56 Å². The number of nitrogens with zero attached hydrogens (tertiary/aromatic N) is 1. The Balaban J connectivity index is 3.17. The highest BCUT2D eigenvalue weighted by Crippen LogP contribution is 2.15. The Morgan fingerprint density at radius 1 is 1.36 bits per heavy atom. The van der Waals surface area contributed by atoms with Crippen molar-refractivity contribution in [2.45, 2.75) is 27.2 Å². The molecule has 2 nitrogen and oxygen atoms in total. The molecule has 0 bridgehead atoms. The van der Waals surface area contributed by atoms with Crippen molar-refractivity contribution in [2.75, 3.05) is 7.11 Å². The summed E-state index contributed by atoms with van der Waals surface area (Å²) in [6.45, 7) is 6.31. The molecule has 1 rings (SSSR count). The highest BCUT2D eigenvalue weighted by molar-refractivity contribution is 6.01. The second-order valence-corrected chi connectivity index (χ2v) is 3.32. The predicted octanol–water partition coefficient (Wildman–Crippen LogP) is 3.06. The second-order valence-electron chi connectivity index (χ2n) is 3.32. The summed E-state index contributed by atoms with van der Waals surface area (Å²) in [5.74, 6) is 0. The van der Waals surface area contributed by atoms with E-state index in [0.717, 1.165) is 12.1 Å². The number of hydrogen-bond acceptors (Lipinski definition) is 2. The molecule has 76 valence electrons. The van der Waals surface area contributed by atoms with E-state index in [0.29, 0.717) is 0 Å². The van der Waals surface area contributed by atoms with Gasteiger partial charge in [-0.25, -0.2) is 0 Å². The largest absolute Gasteiger partial charge is 0.399 e. The Morgan fingerprint density at radius 3 is 2.64 bits per heavy atom. The van der Waals surface area contributed by atoms with Gasteiger partial charge in [-0.1, -0.05) is 30.3 Å². The van der Waals surface area contributed by atoms with Crippen LogP contribution in [0, 0.1) is 13.8 Å². The highest BCUT2D eigenvalue weighted by Gasteiger charge is 2.06. The van der Waals surface area contributed by atoms with Crippen LogP contribution in [0.5, 0.6) is 0 Å². The van der Waals surface area contributed by atoms with Gasteiger partial charge in [-0.15, -0.1) is 0 Å². The molecule has 0 heterocycles. The fourth-order valence-corrected chi connectivity index (χ4v) is 1.48. The van der Waals surface area contributed by atoms with Crippen molar-refractivity contribution in [1.29, 1.82) is 0 Å². The van der Waals surface area contributed by atoms with E-state index in [1.165, 1.54) is 16.7 Å². The first kappa shape index (κ1) is 10.8. The molecule has 0 aromatic heterocycles. The van der Waals surface area contributed by atoms with Gasteiger partial charge in [0.1, 0.15) is 7.11 Å². The Morgan fingerprint density at radius 2 is 2.07 bits per heavy atom. The van der Waals surface area contributed by atoms with Gasteiger partial charge in [-0.3, -0.25) is 0 Å². The third-order valence-electron chi connectivity index (χ3n) is 2.45. The van der Waals surface area contributed by atoms with Gasteiger partial charge >= 0.3 is 0 Å². The summed E-state index contributed by atoms with van der Waals surface area (Å²) < 4.78 is 0. The molecule has 0 saturated heterocycles. The minimum Gasteiger partial charge on any atom is -0.399 e. The lowest BCUT2D eigenvalue weighted by Gasteiger charge is -2.08. The average molecular weight is 191 g/mol. The van der Waals surface area contributed by atoms with Crippen LogP contribution in [0.25, 0.3) is 0 Å². The van der Waals surface area contributed by atoms with Crippen LogP contribution in [-0.2, 0) is 4.84 Å². The van der Waals surface area contributed by atoms with Gasteiger partial charge in [0.2, 0.25) is 0 Å². The van der Waals surface area contributed by atoms with Crippen LogP contribution in [0.1, 0.15) is 30.0 Å². The molecule has 0 unspecified atom stereocenters. The third-order valence-corrected chi connectivity index (χ3v) is 2.45. The molecule has 2 heteroatoms. The standard InChI is InChI=1S/C12H17NO/c1-5-12(13-14-4)11-8-6-7-9(2)10(11)3/h6-8H,5H2,1-4H3. The Labute approximate surface area is 85.6 Å². The Bertz CT molecular complexity index is 342. The molecule has 0 spiro atoms. The Hall–Kier alpha value is -1.31. The van der Waals surface area contributed by atoms with Crippen LogP contribution in [0.3, 0.4) is 0 Å².